The normalized spacial score (nSPS) is 10.7. The molecule has 0 aliphatic heterocycles. The summed E-state index contributed by atoms with van der Waals surface area (Å²) in [4.78, 5) is 16.0. The Labute approximate surface area is 120 Å². The number of nitrogens with one attached hydrogen (secondary N) is 1. The highest BCUT2D eigenvalue weighted by atomic mass is 35.5. The second-order valence-corrected chi connectivity index (χ2v) is 4.77. The Morgan fingerprint density at radius 3 is 3.00 bits per heavy atom. The zero-order valence-electron chi connectivity index (χ0n) is 10.5. The average Bonchev–Trinajstić information content (AvgIpc) is 2.89. The molecule has 0 radical (unpaired) electrons. The van der Waals surface area contributed by atoms with Crippen molar-refractivity contribution in [1.29, 1.82) is 0 Å². The minimum absolute atomic E-state index is 0.263. The fourth-order valence-corrected chi connectivity index (χ4v) is 2.08. The maximum Gasteiger partial charge on any atom is 0.287 e. The third-order valence-corrected chi connectivity index (χ3v) is 3.11. The van der Waals surface area contributed by atoms with Crippen molar-refractivity contribution in [3.63, 3.8) is 0 Å². The predicted octanol–water partition coefficient (Wildman–Crippen LogP) is 3.41. The van der Waals surface area contributed by atoms with Gasteiger partial charge in [-0.25, -0.2) is 0 Å². The SMILES string of the molecule is O=C(NCc1cccnc1)c1cc2cc(Cl)ccc2o1. The van der Waals surface area contributed by atoms with Gasteiger partial charge in [0.2, 0.25) is 0 Å². The molecule has 1 N–H and O–H groups in total. The number of fused-ring (bicyclic) bond motifs is 1. The molecule has 0 aliphatic carbocycles. The van der Waals surface area contributed by atoms with Crippen LogP contribution in [0.15, 0.2) is 53.2 Å². The molecular weight excluding hydrogens is 276 g/mol. The number of carbonyl (C=O) groups is 1. The van der Waals surface area contributed by atoms with Crippen LogP contribution in [0.3, 0.4) is 0 Å². The fraction of sp³-hybridized carbons (Fsp3) is 0.0667. The molecule has 1 amide bonds. The highest BCUT2D eigenvalue weighted by Gasteiger charge is 2.12. The van der Waals surface area contributed by atoms with E-state index in [0.29, 0.717) is 17.2 Å². The number of carbonyl (C=O) groups excluding carboxylic acids is 1. The largest absolute Gasteiger partial charge is 0.451 e. The van der Waals surface area contributed by atoms with Gasteiger partial charge in [0.1, 0.15) is 5.58 Å². The summed E-state index contributed by atoms with van der Waals surface area (Å²) in [6.07, 6.45) is 3.40. The van der Waals surface area contributed by atoms with E-state index in [0.717, 1.165) is 10.9 Å². The minimum atomic E-state index is -0.263. The molecule has 0 spiro atoms. The van der Waals surface area contributed by atoms with Crippen LogP contribution in [-0.4, -0.2) is 10.9 Å². The molecule has 100 valence electrons. The Hall–Kier alpha value is -2.33. The van der Waals surface area contributed by atoms with Gasteiger partial charge in [0.15, 0.2) is 5.76 Å². The van der Waals surface area contributed by atoms with E-state index in [4.69, 9.17) is 16.0 Å². The van der Waals surface area contributed by atoms with E-state index in [1.165, 1.54) is 0 Å². The topological polar surface area (TPSA) is 55.1 Å². The van der Waals surface area contributed by atoms with Crippen LogP contribution in [0.2, 0.25) is 5.02 Å². The van der Waals surface area contributed by atoms with Crippen LogP contribution >= 0.6 is 11.6 Å². The summed E-state index contributed by atoms with van der Waals surface area (Å²) in [6, 6.07) is 10.6. The Kier molecular flexibility index (Phi) is 3.39. The summed E-state index contributed by atoms with van der Waals surface area (Å²) >= 11 is 5.90. The quantitative estimate of drug-likeness (QED) is 0.803. The van der Waals surface area contributed by atoms with E-state index >= 15 is 0 Å². The maximum absolute atomic E-state index is 12.0. The lowest BCUT2D eigenvalue weighted by Gasteiger charge is -2.02. The van der Waals surface area contributed by atoms with Crippen molar-refractivity contribution in [1.82, 2.24) is 10.3 Å². The van der Waals surface area contributed by atoms with E-state index in [2.05, 4.69) is 10.3 Å². The molecule has 2 heterocycles. The number of rotatable bonds is 3. The number of aromatic nitrogens is 1. The minimum Gasteiger partial charge on any atom is -0.451 e. The molecule has 0 bridgehead atoms. The molecule has 1 aromatic carbocycles. The number of nitrogens with zero attached hydrogens (tertiary/aromatic N) is 1. The zero-order valence-corrected chi connectivity index (χ0v) is 11.2. The molecule has 0 atom stereocenters. The lowest BCUT2D eigenvalue weighted by molar-refractivity contribution is 0.0925. The van der Waals surface area contributed by atoms with E-state index in [1.54, 1.807) is 36.7 Å². The molecule has 3 rings (SSSR count). The third kappa shape index (κ3) is 2.65. The van der Waals surface area contributed by atoms with Crippen LogP contribution in [0.25, 0.3) is 11.0 Å². The standard InChI is InChI=1S/C15H11ClN2O2/c16-12-3-4-13-11(6-12)7-14(20-13)15(19)18-9-10-2-1-5-17-8-10/h1-8H,9H2,(H,18,19). The Morgan fingerprint density at radius 1 is 1.30 bits per heavy atom. The van der Waals surface area contributed by atoms with Gasteiger partial charge in [-0.2, -0.15) is 0 Å². The van der Waals surface area contributed by atoms with Gasteiger partial charge in [-0.05, 0) is 35.9 Å². The van der Waals surface area contributed by atoms with E-state index < -0.39 is 0 Å². The van der Waals surface area contributed by atoms with Crippen molar-refractivity contribution in [3.05, 3.63) is 65.1 Å². The number of pyridine rings is 1. The van der Waals surface area contributed by atoms with Crippen molar-refractivity contribution < 1.29 is 9.21 Å². The first-order chi connectivity index (χ1) is 9.72. The van der Waals surface area contributed by atoms with Crippen LogP contribution in [0.4, 0.5) is 0 Å². The van der Waals surface area contributed by atoms with Crippen molar-refractivity contribution in [2.75, 3.05) is 0 Å². The fourth-order valence-electron chi connectivity index (χ4n) is 1.90. The van der Waals surface area contributed by atoms with Crippen LogP contribution in [0, 0.1) is 0 Å². The lowest BCUT2D eigenvalue weighted by Crippen LogP contribution is -2.22. The summed E-state index contributed by atoms with van der Waals surface area (Å²) in [5, 5.41) is 4.21. The highest BCUT2D eigenvalue weighted by Crippen LogP contribution is 2.22. The molecule has 5 heteroatoms. The molecular formula is C15H11ClN2O2. The monoisotopic (exact) mass is 286 g/mol. The second kappa shape index (κ2) is 5.35. The predicted molar refractivity (Wildman–Crippen MR) is 76.6 cm³/mol. The van der Waals surface area contributed by atoms with Gasteiger partial charge >= 0.3 is 0 Å². The van der Waals surface area contributed by atoms with Gasteiger partial charge in [-0.1, -0.05) is 17.7 Å². The number of amides is 1. The Morgan fingerprint density at radius 2 is 2.20 bits per heavy atom. The molecule has 0 aliphatic rings. The van der Waals surface area contributed by atoms with Crippen LogP contribution in [0.5, 0.6) is 0 Å². The van der Waals surface area contributed by atoms with Crippen LogP contribution in [0.1, 0.15) is 16.1 Å². The van der Waals surface area contributed by atoms with E-state index in [-0.39, 0.29) is 11.7 Å². The first-order valence-corrected chi connectivity index (χ1v) is 6.46. The lowest BCUT2D eigenvalue weighted by atomic mass is 10.2. The van der Waals surface area contributed by atoms with Gasteiger partial charge in [0.25, 0.3) is 5.91 Å². The third-order valence-electron chi connectivity index (χ3n) is 2.88. The molecule has 0 unspecified atom stereocenters. The van der Waals surface area contributed by atoms with Crippen molar-refractivity contribution >= 4 is 28.5 Å². The smallest absolute Gasteiger partial charge is 0.287 e. The Bertz CT molecular complexity index is 753. The first-order valence-electron chi connectivity index (χ1n) is 6.08. The molecule has 20 heavy (non-hydrogen) atoms. The van der Waals surface area contributed by atoms with Gasteiger partial charge in [-0.3, -0.25) is 9.78 Å². The molecule has 3 aromatic rings. The van der Waals surface area contributed by atoms with Gasteiger partial charge in [0, 0.05) is 29.3 Å². The number of furan rings is 1. The first kappa shape index (κ1) is 12.7. The number of benzene rings is 1. The van der Waals surface area contributed by atoms with Gasteiger partial charge < -0.3 is 9.73 Å². The summed E-state index contributed by atoms with van der Waals surface area (Å²) in [5.74, 6) is 0.00679. The molecule has 0 fully saturated rings. The molecule has 4 nitrogen and oxygen atoms in total. The van der Waals surface area contributed by atoms with Crippen molar-refractivity contribution in [2.45, 2.75) is 6.54 Å². The molecule has 2 aromatic heterocycles. The summed E-state index contributed by atoms with van der Waals surface area (Å²) in [6.45, 7) is 0.407. The second-order valence-electron chi connectivity index (χ2n) is 4.34. The van der Waals surface area contributed by atoms with Crippen LogP contribution < -0.4 is 5.32 Å². The number of hydrogen-bond donors (Lipinski definition) is 1. The van der Waals surface area contributed by atoms with E-state index in [1.807, 2.05) is 12.1 Å². The van der Waals surface area contributed by atoms with Gasteiger partial charge in [0.05, 0.1) is 0 Å². The number of hydrogen-bond acceptors (Lipinski definition) is 3. The Balaban J connectivity index is 1.75. The summed E-state index contributed by atoms with van der Waals surface area (Å²) < 4.78 is 5.49. The zero-order chi connectivity index (χ0) is 13.9. The molecule has 0 saturated heterocycles. The van der Waals surface area contributed by atoms with Gasteiger partial charge in [-0.15, -0.1) is 0 Å². The summed E-state index contributed by atoms with van der Waals surface area (Å²) in [5.41, 5.74) is 1.57. The number of halogens is 1. The molecule has 0 saturated carbocycles. The highest BCUT2D eigenvalue weighted by molar-refractivity contribution is 6.31. The maximum atomic E-state index is 12.0. The van der Waals surface area contributed by atoms with Crippen molar-refractivity contribution in [2.24, 2.45) is 0 Å². The average molecular weight is 287 g/mol. The van der Waals surface area contributed by atoms with Crippen molar-refractivity contribution in [3.8, 4) is 0 Å². The van der Waals surface area contributed by atoms with E-state index in [9.17, 15) is 4.79 Å². The summed E-state index contributed by atoms with van der Waals surface area (Å²) in [7, 11) is 0. The van der Waals surface area contributed by atoms with Crippen LogP contribution in [-0.2, 0) is 6.54 Å².